The summed E-state index contributed by atoms with van der Waals surface area (Å²) in [5.74, 6) is -0.767. The number of benzene rings is 3. The van der Waals surface area contributed by atoms with Gasteiger partial charge in [0.1, 0.15) is 11.9 Å². The van der Waals surface area contributed by atoms with Crippen molar-refractivity contribution in [1.82, 2.24) is 0 Å². The molecule has 2 nitrogen and oxygen atoms in total. The summed E-state index contributed by atoms with van der Waals surface area (Å²) in [6.07, 6.45) is -0.614. The molecule has 0 aromatic heterocycles. The zero-order valence-corrected chi connectivity index (χ0v) is 18.2. The van der Waals surface area contributed by atoms with Gasteiger partial charge in [-0.25, -0.2) is 4.39 Å². The molecule has 29 heavy (non-hydrogen) atoms. The van der Waals surface area contributed by atoms with Crippen LogP contribution in [-0.2, 0) is 4.74 Å². The Hall–Kier alpha value is -1.72. The van der Waals surface area contributed by atoms with Gasteiger partial charge < -0.3 is 4.74 Å². The molecule has 0 amide bonds. The molecule has 1 N–H and O–H groups in total. The van der Waals surface area contributed by atoms with E-state index in [1.54, 1.807) is 12.1 Å². The summed E-state index contributed by atoms with van der Waals surface area (Å²) in [6, 6.07) is 25.4. The van der Waals surface area contributed by atoms with Gasteiger partial charge in [-0.05, 0) is 35.4 Å². The summed E-state index contributed by atoms with van der Waals surface area (Å²) in [5.41, 5.74) is 1.79. The van der Waals surface area contributed by atoms with Crippen molar-refractivity contribution in [3.05, 3.63) is 102 Å². The van der Waals surface area contributed by atoms with E-state index in [2.05, 4.69) is 0 Å². The van der Waals surface area contributed by atoms with Gasteiger partial charge in [-0.2, -0.15) is 0 Å². The van der Waals surface area contributed by atoms with Gasteiger partial charge in [-0.3, -0.25) is 5.41 Å². The van der Waals surface area contributed by atoms with E-state index in [0.717, 1.165) is 16.0 Å². The van der Waals surface area contributed by atoms with Crippen molar-refractivity contribution < 1.29 is 9.13 Å². The van der Waals surface area contributed by atoms with Crippen LogP contribution in [0.15, 0.2) is 89.8 Å². The summed E-state index contributed by atoms with van der Waals surface area (Å²) < 4.78 is 17.3. The maximum Gasteiger partial charge on any atom is 0.265 e. The lowest BCUT2D eigenvalue weighted by Gasteiger charge is -2.30. The monoisotopic (exact) mass is 467 g/mol. The molecule has 0 aliphatic carbocycles. The number of thioether (sulfide) groups is 1. The third-order valence-electron chi connectivity index (χ3n) is 4.11. The number of rotatable bonds is 6. The number of hydrogen-bond acceptors (Lipinski definition) is 3. The quantitative estimate of drug-likeness (QED) is 0.173. The number of nitrogens with one attached hydrogen (secondary N) is 1. The van der Waals surface area contributed by atoms with Crippen molar-refractivity contribution in [3.8, 4) is 0 Å². The topological polar surface area (TPSA) is 33.1 Å². The fourth-order valence-corrected chi connectivity index (χ4v) is 4.10. The Labute approximate surface area is 188 Å². The van der Waals surface area contributed by atoms with E-state index >= 15 is 0 Å². The maximum absolute atomic E-state index is 13.4. The van der Waals surface area contributed by atoms with Crippen molar-refractivity contribution in [2.45, 2.75) is 20.0 Å². The Kier molecular flexibility index (Phi) is 7.47. The Morgan fingerprint density at radius 2 is 1.34 bits per heavy atom. The Morgan fingerprint density at radius 1 is 0.828 bits per heavy atom. The minimum Gasteiger partial charge on any atom is -0.468 e. The largest absolute Gasteiger partial charge is 0.468 e. The molecule has 150 valence electrons. The second-order valence-electron chi connectivity index (χ2n) is 6.18. The van der Waals surface area contributed by atoms with Gasteiger partial charge in [0.25, 0.3) is 3.79 Å². The first-order valence-corrected chi connectivity index (χ1v) is 10.7. The van der Waals surface area contributed by atoms with Crippen LogP contribution in [0.2, 0.25) is 0 Å². The van der Waals surface area contributed by atoms with Crippen molar-refractivity contribution in [2.75, 3.05) is 0 Å². The van der Waals surface area contributed by atoms with Gasteiger partial charge in [0.15, 0.2) is 0 Å². The average molecular weight is 469 g/mol. The number of hydrogen-bond donors (Lipinski definition) is 1. The normalized spacial score (nSPS) is 13.5. The maximum atomic E-state index is 13.4. The van der Waals surface area contributed by atoms with Crippen LogP contribution >= 0.6 is 46.6 Å². The molecule has 0 saturated carbocycles. The molecular weight excluding hydrogens is 452 g/mol. The van der Waals surface area contributed by atoms with Gasteiger partial charge in [-0.1, -0.05) is 95.5 Å². The minimum atomic E-state index is -1.98. The molecule has 0 bridgehead atoms. The summed E-state index contributed by atoms with van der Waals surface area (Å²) in [4.78, 5) is 0.852. The van der Waals surface area contributed by atoms with Gasteiger partial charge in [0, 0.05) is 4.90 Å². The highest BCUT2D eigenvalue weighted by molar-refractivity contribution is 7.99. The van der Waals surface area contributed by atoms with E-state index in [-0.39, 0.29) is 11.1 Å². The first kappa shape index (κ1) is 22.0. The standard InChI is InChI=1S/C22H17Cl3FNOS/c23-22(24,25)21(27)28-19(15-7-3-1-4-8-15)20(16-9-5-2-6-10-16)29-18-13-11-17(26)12-14-18/h1-14,19-20,27H/t19-,20-/m1/s1. The smallest absolute Gasteiger partial charge is 0.265 e. The zero-order chi connectivity index (χ0) is 20.9. The second-order valence-corrected chi connectivity index (χ2v) is 9.68. The van der Waals surface area contributed by atoms with E-state index in [4.69, 9.17) is 44.9 Å². The highest BCUT2D eigenvalue weighted by Crippen LogP contribution is 2.47. The fourth-order valence-electron chi connectivity index (χ4n) is 2.75. The van der Waals surface area contributed by atoms with Crippen LogP contribution in [0.3, 0.4) is 0 Å². The van der Waals surface area contributed by atoms with Gasteiger partial charge in [-0.15, -0.1) is 11.8 Å². The number of halogens is 4. The third-order valence-corrected chi connectivity index (χ3v) is 5.94. The lowest BCUT2D eigenvalue weighted by Crippen LogP contribution is -2.25. The SMILES string of the molecule is N=C(O[C@H](c1ccccc1)[C@H](Sc1ccc(F)cc1)c1ccccc1)C(Cl)(Cl)Cl. The molecule has 3 aromatic carbocycles. The lowest BCUT2D eigenvalue weighted by atomic mass is 10.0. The van der Waals surface area contributed by atoms with E-state index in [1.807, 2.05) is 60.7 Å². The molecule has 0 fully saturated rings. The average Bonchev–Trinajstić information content (AvgIpc) is 2.72. The molecular formula is C22H17Cl3FNOS. The van der Waals surface area contributed by atoms with Crippen molar-refractivity contribution in [3.63, 3.8) is 0 Å². The van der Waals surface area contributed by atoms with Crippen LogP contribution in [0, 0.1) is 11.2 Å². The third kappa shape index (κ3) is 6.13. The summed E-state index contributed by atoms with van der Waals surface area (Å²) in [7, 11) is 0. The molecule has 3 rings (SSSR count). The van der Waals surface area contributed by atoms with E-state index in [0.29, 0.717) is 0 Å². The molecule has 0 saturated heterocycles. The van der Waals surface area contributed by atoms with Crippen molar-refractivity contribution in [2.24, 2.45) is 0 Å². The minimum absolute atomic E-state index is 0.281. The summed E-state index contributed by atoms with van der Waals surface area (Å²) >= 11 is 19.1. The Balaban J connectivity index is 2.03. The van der Waals surface area contributed by atoms with E-state index in [1.165, 1.54) is 23.9 Å². The molecule has 0 heterocycles. The first-order chi connectivity index (χ1) is 13.8. The predicted molar refractivity (Wildman–Crippen MR) is 120 cm³/mol. The fraction of sp³-hybridized carbons (Fsp3) is 0.136. The molecule has 0 aliphatic heterocycles. The first-order valence-electron chi connectivity index (χ1n) is 8.69. The summed E-state index contributed by atoms with van der Waals surface area (Å²) in [5, 5.41) is 7.83. The number of alkyl halides is 3. The van der Waals surface area contributed by atoms with Crippen LogP contribution < -0.4 is 0 Å². The van der Waals surface area contributed by atoms with Gasteiger partial charge >= 0.3 is 0 Å². The molecule has 0 radical (unpaired) electrons. The molecule has 3 aromatic rings. The van der Waals surface area contributed by atoms with Gasteiger partial charge in [0.05, 0.1) is 5.25 Å². The van der Waals surface area contributed by atoms with Gasteiger partial charge in [0.2, 0.25) is 5.90 Å². The predicted octanol–water partition coefficient (Wildman–Crippen LogP) is 7.76. The molecule has 7 heteroatoms. The molecule has 2 atom stereocenters. The van der Waals surface area contributed by atoms with Crippen LogP contribution in [0.1, 0.15) is 22.5 Å². The van der Waals surface area contributed by atoms with Crippen LogP contribution in [0.25, 0.3) is 0 Å². The van der Waals surface area contributed by atoms with E-state index in [9.17, 15) is 4.39 Å². The highest BCUT2D eigenvalue weighted by Gasteiger charge is 2.35. The van der Waals surface area contributed by atoms with Crippen molar-refractivity contribution >= 4 is 52.5 Å². The number of ether oxygens (including phenoxy) is 1. The van der Waals surface area contributed by atoms with Crippen LogP contribution in [-0.4, -0.2) is 9.69 Å². The zero-order valence-electron chi connectivity index (χ0n) is 15.1. The van der Waals surface area contributed by atoms with Crippen LogP contribution in [0.4, 0.5) is 4.39 Å². The molecule has 0 spiro atoms. The van der Waals surface area contributed by atoms with E-state index < -0.39 is 15.8 Å². The Morgan fingerprint density at radius 3 is 1.86 bits per heavy atom. The molecule has 0 aliphatic rings. The highest BCUT2D eigenvalue weighted by atomic mass is 35.6. The molecule has 0 unspecified atom stereocenters. The Bertz CT molecular complexity index is 934. The van der Waals surface area contributed by atoms with Crippen LogP contribution in [0.5, 0.6) is 0 Å². The second kappa shape index (κ2) is 9.86. The lowest BCUT2D eigenvalue weighted by molar-refractivity contribution is 0.182. The summed E-state index contributed by atoms with van der Waals surface area (Å²) in [6.45, 7) is 0. The van der Waals surface area contributed by atoms with Crippen molar-refractivity contribution in [1.29, 1.82) is 5.41 Å².